The van der Waals surface area contributed by atoms with Crippen molar-refractivity contribution in [3.8, 4) is 11.5 Å². The molecule has 1 rings (SSSR count). The molecule has 3 N–H and O–H groups in total. The molecule has 0 atom stereocenters. The van der Waals surface area contributed by atoms with Crippen molar-refractivity contribution in [2.24, 2.45) is 0 Å². The summed E-state index contributed by atoms with van der Waals surface area (Å²) in [6.07, 6.45) is 0.306. The topological polar surface area (TPSA) is 96.9 Å². The molecule has 0 heterocycles. The molecule has 0 fully saturated rings. The normalized spacial score (nSPS) is 10.3. The van der Waals surface area contributed by atoms with Crippen LogP contribution in [-0.2, 0) is 11.3 Å². The molecule has 1 aromatic rings. The van der Waals surface area contributed by atoms with E-state index < -0.39 is 18.6 Å². The summed E-state index contributed by atoms with van der Waals surface area (Å²) >= 11 is 0. The zero-order valence-corrected chi connectivity index (χ0v) is 13.2. The molecule has 7 nitrogen and oxygen atoms in total. The molecule has 24 heavy (non-hydrogen) atoms. The third-order valence-corrected chi connectivity index (χ3v) is 2.83. The molecule has 1 aromatic carbocycles. The lowest BCUT2D eigenvalue weighted by molar-refractivity contribution is -0.137. The molecular formula is C15H20F2N2O5. The summed E-state index contributed by atoms with van der Waals surface area (Å²) in [6.45, 7) is -0.573. The highest BCUT2D eigenvalue weighted by Crippen LogP contribution is 2.29. The van der Waals surface area contributed by atoms with Crippen molar-refractivity contribution in [1.29, 1.82) is 0 Å². The maximum absolute atomic E-state index is 12.3. The summed E-state index contributed by atoms with van der Waals surface area (Å²) in [4.78, 5) is 21.9. The van der Waals surface area contributed by atoms with Crippen LogP contribution < -0.4 is 20.1 Å². The lowest BCUT2D eigenvalue weighted by Gasteiger charge is -2.13. The van der Waals surface area contributed by atoms with Crippen LogP contribution in [-0.4, -0.2) is 36.9 Å². The van der Waals surface area contributed by atoms with Gasteiger partial charge in [-0.1, -0.05) is 6.07 Å². The molecule has 0 saturated heterocycles. The van der Waals surface area contributed by atoms with Crippen LogP contribution in [0.3, 0.4) is 0 Å². The Hall–Kier alpha value is -2.58. The standard InChI is InChI=1S/C15H20F2N2O5/c1-2-23-12-8-10(5-6-11(12)24-14(16)17)9-19-15(22)18-7-3-4-13(20)21/h5-6,8,14H,2-4,7,9H2,1H3,(H,20,21)(H2,18,19,22). The lowest BCUT2D eigenvalue weighted by Crippen LogP contribution is -2.35. The van der Waals surface area contributed by atoms with E-state index in [1.165, 1.54) is 18.2 Å². The van der Waals surface area contributed by atoms with Gasteiger partial charge in [-0.2, -0.15) is 8.78 Å². The second-order valence-electron chi connectivity index (χ2n) is 4.70. The first kappa shape index (κ1) is 19.5. The Morgan fingerprint density at radius 3 is 2.62 bits per heavy atom. The number of carbonyl (C=O) groups excluding carboxylic acids is 1. The molecule has 0 bridgehead atoms. The van der Waals surface area contributed by atoms with Crippen LogP contribution in [0.4, 0.5) is 13.6 Å². The number of carboxylic acid groups (broad SMARTS) is 1. The van der Waals surface area contributed by atoms with Gasteiger partial charge in [-0.15, -0.1) is 0 Å². The average molecular weight is 346 g/mol. The van der Waals surface area contributed by atoms with Gasteiger partial charge >= 0.3 is 18.6 Å². The molecule has 0 spiro atoms. The second-order valence-corrected chi connectivity index (χ2v) is 4.70. The molecule has 0 saturated carbocycles. The first-order valence-electron chi connectivity index (χ1n) is 7.36. The average Bonchev–Trinajstić information content (AvgIpc) is 2.51. The van der Waals surface area contributed by atoms with E-state index in [9.17, 15) is 18.4 Å². The fraction of sp³-hybridized carbons (Fsp3) is 0.467. The smallest absolute Gasteiger partial charge is 0.387 e. The fourth-order valence-corrected chi connectivity index (χ4v) is 1.81. The van der Waals surface area contributed by atoms with Gasteiger partial charge in [-0.25, -0.2) is 4.79 Å². The number of carboxylic acids is 1. The Morgan fingerprint density at radius 2 is 2.00 bits per heavy atom. The third kappa shape index (κ3) is 7.61. The van der Waals surface area contributed by atoms with Crippen LogP contribution in [0.2, 0.25) is 0 Å². The summed E-state index contributed by atoms with van der Waals surface area (Å²) in [7, 11) is 0. The van der Waals surface area contributed by atoms with E-state index >= 15 is 0 Å². The number of ether oxygens (including phenoxy) is 2. The van der Waals surface area contributed by atoms with E-state index in [0.29, 0.717) is 12.0 Å². The predicted octanol–water partition coefficient (Wildman–Crippen LogP) is 2.35. The van der Waals surface area contributed by atoms with E-state index in [1.807, 2.05) is 0 Å². The molecule has 0 aromatic heterocycles. The monoisotopic (exact) mass is 346 g/mol. The number of urea groups is 1. The maximum Gasteiger partial charge on any atom is 0.387 e. The molecule has 0 aliphatic heterocycles. The van der Waals surface area contributed by atoms with Crippen molar-refractivity contribution >= 4 is 12.0 Å². The quantitative estimate of drug-likeness (QED) is 0.565. The predicted molar refractivity (Wildman–Crippen MR) is 81.4 cm³/mol. The molecule has 0 radical (unpaired) electrons. The number of nitrogens with one attached hydrogen (secondary N) is 2. The first-order valence-corrected chi connectivity index (χ1v) is 7.36. The molecular weight excluding hydrogens is 326 g/mol. The molecule has 0 unspecified atom stereocenters. The number of benzene rings is 1. The Kier molecular flexibility index (Phi) is 8.31. The minimum absolute atomic E-state index is 0.0242. The Morgan fingerprint density at radius 1 is 1.25 bits per heavy atom. The van der Waals surface area contributed by atoms with E-state index in [4.69, 9.17) is 9.84 Å². The summed E-state index contributed by atoms with van der Waals surface area (Å²) in [5, 5.41) is 13.6. The summed E-state index contributed by atoms with van der Waals surface area (Å²) in [5.74, 6) is -0.834. The Balaban J connectivity index is 2.50. The van der Waals surface area contributed by atoms with Gasteiger partial charge in [0.05, 0.1) is 6.61 Å². The number of amides is 2. The van der Waals surface area contributed by atoms with Gasteiger partial charge in [0.2, 0.25) is 0 Å². The number of halogens is 2. The Labute approximate surface area is 137 Å². The SMILES string of the molecule is CCOc1cc(CNC(=O)NCCCC(=O)O)ccc1OC(F)F. The van der Waals surface area contributed by atoms with Crippen LogP contribution in [0.1, 0.15) is 25.3 Å². The van der Waals surface area contributed by atoms with Crippen molar-refractivity contribution in [3.63, 3.8) is 0 Å². The molecule has 9 heteroatoms. The van der Waals surface area contributed by atoms with E-state index in [2.05, 4.69) is 15.4 Å². The Bertz CT molecular complexity index is 555. The fourth-order valence-electron chi connectivity index (χ4n) is 1.81. The van der Waals surface area contributed by atoms with Crippen molar-refractivity contribution in [1.82, 2.24) is 10.6 Å². The van der Waals surface area contributed by atoms with Gasteiger partial charge in [-0.05, 0) is 31.0 Å². The highest BCUT2D eigenvalue weighted by atomic mass is 19.3. The maximum atomic E-state index is 12.3. The van der Waals surface area contributed by atoms with Crippen molar-refractivity contribution in [3.05, 3.63) is 23.8 Å². The van der Waals surface area contributed by atoms with Crippen molar-refractivity contribution in [2.75, 3.05) is 13.2 Å². The van der Waals surface area contributed by atoms with Gasteiger partial charge in [0.25, 0.3) is 0 Å². The summed E-state index contributed by atoms with van der Waals surface area (Å²) in [6, 6.07) is 3.93. The van der Waals surface area contributed by atoms with Crippen molar-refractivity contribution in [2.45, 2.75) is 32.9 Å². The van der Waals surface area contributed by atoms with Gasteiger partial charge in [0.1, 0.15) is 0 Å². The van der Waals surface area contributed by atoms with E-state index in [1.54, 1.807) is 6.92 Å². The van der Waals surface area contributed by atoms with Gasteiger partial charge < -0.3 is 25.2 Å². The number of aliphatic carboxylic acids is 1. The molecule has 2 amide bonds. The molecule has 0 aliphatic carbocycles. The van der Waals surface area contributed by atoms with Crippen LogP contribution in [0.15, 0.2) is 18.2 Å². The number of rotatable bonds is 10. The van der Waals surface area contributed by atoms with Gasteiger partial charge in [0, 0.05) is 19.5 Å². The minimum atomic E-state index is -2.95. The molecule has 134 valence electrons. The lowest BCUT2D eigenvalue weighted by atomic mass is 10.2. The zero-order valence-electron chi connectivity index (χ0n) is 13.2. The van der Waals surface area contributed by atoms with Crippen LogP contribution in [0.25, 0.3) is 0 Å². The number of alkyl halides is 2. The minimum Gasteiger partial charge on any atom is -0.490 e. The van der Waals surface area contributed by atoms with Crippen LogP contribution in [0.5, 0.6) is 11.5 Å². The van der Waals surface area contributed by atoms with E-state index in [0.717, 1.165) is 0 Å². The van der Waals surface area contributed by atoms with E-state index in [-0.39, 0.29) is 37.6 Å². The largest absolute Gasteiger partial charge is 0.490 e. The van der Waals surface area contributed by atoms with Crippen molar-refractivity contribution < 1.29 is 33.0 Å². The second kappa shape index (κ2) is 10.2. The van der Waals surface area contributed by atoms with Crippen LogP contribution in [0, 0.1) is 0 Å². The third-order valence-electron chi connectivity index (χ3n) is 2.83. The van der Waals surface area contributed by atoms with Crippen LogP contribution >= 0.6 is 0 Å². The summed E-state index contributed by atoms with van der Waals surface area (Å²) < 4.78 is 34.2. The first-order chi connectivity index (χ1) is 11.4. The van der Waals surface area contributed by atoms with Gasteiger partial charge in [-0.3, -0.25) is 4.79 Å². The highest BCUT2D eigenvalue weighted by molar-refractivity contribution is 5.74. The number of hydrogen-bond acceptors (Lipinski definition) is 4. The summed E-state index contributed by atoms with van der Waals surface area (Å²) in [5.41, 5.74) is 0.640. The number of carbonyl (C=O) groups is 2. The highest BCUT2D eigenvalue weighted by Gasteiger charge is 2.12. The number of hydrogen-bond donors (Lipinski definition) is 3. The zero-order chi connectivity index (χ0) is 17.9. The van der Waals surface area contributed by atoms with Gasteiger partial charge in [0.15, 0.2) is 11.5 Å². The molecule has 0 aliphatic rings.